The van der Waals surface area contributed by atoms with Crippen LogP contribution in [0.25, 0.3) is 0 Å². The van der Waals surface area contributed by atoms with E-state index in [9.17, 15) is 9.59 Å². The van der Waals surface area contributed by atoms with Crippen LogP contribution in [-0.2, 0) is 19.4 Å². The molecule has 0 radical (unpaired) electrons. The lowest BCUT2D eigenvalue weighted by Crippen LogP contribution is -2.49. The molecule has 1 saturated heterocycles. The molecule has 0 spiro atoms. The molecule has 0 atom stereocenters. The van der Waals surface area contributed by atoms with E-state index in [2.05, 4.69) is 10.00 Å². The molecule has 3 aliphatic rings. The predicted octanol–water partition coefficient (Wildman–Crippen LogP) is 0.961. The Balaban J connectivity index is 1.18. The molecular formula is C22H26N4O4. The summed E-state index contributed by atoms with van der Waals surface area (Å²) in [7, 11) is 0. The molecule has 1 aromatic carbocycles. The van der Waals surface area contributed by atoms with Crippen LogP contribution >= 0.6 is 0 Å². The van der Waals surface area contributed by atoms with E-state index in [1.165, 1.54) is 0 Å². The molecule has 2 aliphatic heterocycles. The highest BCUT2D eigenvalue weighted by atomic mass is 16.6. The van der Waals surface area contributed by atoms with Gasteiger partial charge in [0.1, 0.15) is 13.2 Å². The zero-order valence-electron chi connectivity index (χ0n) is 17.0. The topological polar surface area (TPSA) is 76.9 Å². The van der Waals surface area contributed by atoms with Crippen LogP contribution in [0.4, 0.5) is 0 Å². The zero-order valence-corrected chi connectivity index (χ0v) is 17.0. The number of hydrogen-bond acceptors (Lipinski definition) is 6. The molecule has 8 heteroatoms. The van der Waals surface area contributed by atoms with Gasteiger partial charge in [0.2, 0.25) is 0 Å². The quantitative estimate of drug-likeness (QED) is 0.747. The maximum absolute atomic E-state index is 13.0. The fourth-order valence-corrected chi connectivity index (χ4v) is 4.42. The molecule has 3 heterocycles. The summed E-state index contributed by atoms with van der Waals surface area (Å²) in [4.78, 5) is 29.4. The van der Waals surface area contributed by atoms with Crippen LogP contribution in [0, 0.1) is 0 Å². The molecular weight excluding hydrogens is 384 g/mol. The highest BCUT2D eigenvalue weighted by Gasteiger charge is 2.27. The van der Waals surface area contributed by atoms with Gasteiger partial charge >= 0.3 is 0 Å². The Hall–Kier alpha value is -2.87. The lowest BCUT2D eigenvalue weighted by molar-refractivity contribution is 0.0622. The van der Waals surface area contributed by atoms with Gasteiger partial charge in [0.15, 0.2) is 11.5 Å². The maximum Gasteiger partial charge on any atom is 0.267 e. The summed E-state index contributed by atoms with van der Waals surface area (Å²) in [6.45, 7) is 5.15. The Morgan fingerprint density at radius 2 is 1.87 bits per heavy atom. The third kappa shape index (κ3) is 3.67. The number of aryl methyl sites for hydroxylation is 2. The van der Waals surface area contributed by atoms with Crippen LogP contribution < -0.4 is 15.0 Å². The molecule has 0 saturated carbocycles. The number of hydrogen-bond donors (Lipinski definition) is 0. The molecule has 0 unspecified atom stereocenters. The summed E-state index contributed by atoms with van der Waals surface area (Å²) in [5.74, 6) is 1.17. The first-order chi connectivity index (χ1) is 14.7. The second kappa shape index (κ2) is 8.10. The van der Waals surface area contributed by atoms with E-state index in [0.717, 1.165) is 50.2 Å². The van der Waals surface area contributed by atoms with Crippen LogP contribution in [0.15, 0.2) is 29.1 Å². The van der Waals surface area contributed by atoms with Crippen molar-refractivity contribution >= 4 is 5.91 Å². The van der Waals surface area contributed by atoms with Crippen molar-refractivity contribution < 1.29 is 14.3 Å². The number of aromatic nitrogens is 2. The molecule has 1 aliphatic carbocycles. The van der Waals surface area contributed by atoms with Crippen LogP contribution in [0.1, 0.15) is 28.0 Å². The van der Waals surface area contributed by atoms with Crippen molar-refractivity contribution in [3.63, 3.8) is 0 Å². The summed E-state index contributed by atoms with van der Waals surface area (Å²) in [6, 6.07) is 7.21. The number of carbonyl (C=O) groups excluding carboxylic acids is 1. The average Bonchev–Trinajstić information content (AvgIpc) is 3.24. The van der Waals surface area contributed by atoms with Gasteiger partial charge in [0, 0.05) is 38.8 Å². The van der Waals surface area contributed by atoms with Gasteiger partial charge in [-0.3, -0.25) is 14.5 Å². The highest BCUT2D eigenvalue weighted by molar-refractivity contribution is 5.98. The number of ether oxygens (including phenoxy) is 2. The number of benzene rings is 1. The molecule has 5 rings (SSSR count). The van der Waals surface area contributed by atoms with Crippen molar-refractivity contribution in [2.24, 2.45) is 0 Å². The Morgan fingerprint density at radius 3 is 2.73 bits per heavy atom. The van der Waals surface area contributed by atoms with Crippen molar-refractivity contribution in [1.82, 2.24) is 19.6 Å². The Bertz CT molecular complexity index is 1010. The Labute approximate surface area is 175 Å². The van der Waals surface area contributed by atoms with Crippen LogP contribution in [0.5, 0.6) is 11.5 Å². The Morgan fingerprint density at radius 1 is 1.03 bits per heavy atom. The summed E-state index contributed by atoms with van der Waals surface area (Å²) >= 11 is 0. The molecule has 1 aromatic heterocycles. The van der Waals surface area contributed by atoms with Gasteiger partial charge in [0.25, 0.3) is 11.5 Å². The number of piperazine rings is 1. The largest absolute Gasteiger partial charge is 0.486 e. The lowest BCUT2D eigenvalue weighted by Gasteiger charge is -2.35. The van der Waals surface area contributed by atoms with Crippen molar-refractivity contribution in [1.29, 1.82) is 0 Å². The zero-order chi connectivity index (χ0) is 20.5. The fourth-order valence-electron chi connectivity index (χ4n) is 4.42. The van der Waals surface area contributed by atoms with Crippen LogP contribution in [-0.4, -0.2) is 71.4 Å². The Kier molecular flexibility index (Phi) is 5.16. The van der Waals surface area contributed by atoms with Crippen LogP contribution in [0.2, 0.25) is 0 Å². The summed E-state index contributed by atoms with van der Waals surface area (Å²) in [5, 5.41) is 4.55. The van der Waals surface area contributed by atoms with E-state index in [4.69, 9.17) is 9.47 Å². The average molecular weight is 410 g/mol. The molecule has 0 bridgehead atoms. The van der Waals surface area contributed by atoms with Gasteiger partial charge in [-0.15, -0.1) is 0 Å². The van der Waals surface area contributed by atoms with Gasteiger partial charge in [-0.1, -0.05) is 6.07 Å². The van der Waals surface area contributed by atoms with Gasteiger partial charge in [-0.25, -0.2) is 4.68 Å². The molecule has 30 heavy (non-hydrogen) atoms. The molecule has 0 N–H and O–H groups in total. The van der Waals surface area contributed by atoms with E-state index in [0.29, 0.717) is 49.9 Å². The van der Waals surface area contributed by atoms with E-state index < -0.39 is 0 Å². The number of para-hydroxylation sites is 1. The number of nitrogens with zero attached hydrogens (tertiary/aromatic N) is 4. The van der Waals surface area contributed by atoms with Crippen LogP contribution in [0.3, 0.4) is 0 Å². The molecule has 8 nitrogen and oxygen atoms in total. The van der Waals surface area contributed by atoms with Gasteiger partial charge < -0.3 is 14.4 Å². The number of rotatable bonds is 4. The maximum atomic E-state index is 13.0. The standard InChI is InChI=1S/C22H26N4O4/c27-20-15-16-3-1-5-18(16)23-26(20)12-9-24-7-10-25(11-8-24)22(28)17-4-2-6-19-21(17)30-14-13-29-19/h2,4,6,15H,1,3,5,7-14H2. The van der Waals surface area contributed by atoms with Crippen molar-refractivity contribution in [3.05, 3.63) is 51.4 Å². The normalized spacial score (nSPS) is 18.3. The minimum Gasteiger partial charge on any atom is -0.486 e. The van der Waals surface area contributed by atoms with Gasteiger partial charge in [-0.2, -0.15) is 5.10 Å². The monoisotopic (exact) mass is 410 g/mol. The first-order valence-corrected chi connectivity index (χ1v) is 10.7. The third-order valence-corrected chi connectivity index (χ3v) is 6.11. The summed E-state index contributed by atoms with van der Waals surface area (Å²) < 4.78 is 12.9. The second-order valence-corrected chi connectivity index (χ2v) is 7.99. The van der Waals surface area contributed by atoms with E-state index >= 15 is 0 Å². The van der Waals surface area contributed by atoms with Crippen molar-refractivity contribution in [2.45, 2.75) is 25.8 Å². The van der Waals surface area contributed by atoms with Crippen molar-refractivity contribution in [3.8, 4) is 11.5 Å². The molecule has 1 amide bonds. The minimum atomic E-state index is -0.0199. The molecule has 158 valence electrons. The number of carbonyl (C=O) groups is 1. The third-order valence-electron chi connectivity index (χ3n) is 6.11. The SMILES string of the molecule is O=C(c1cccc2c1OCCO2)N1CCN(CCn2nc3c(cc2=O)CCC3)CC1. The number of fused-ring (bicyclic) bond motifs is 2. The first kappa shape index (κ1) is 19.1. The second-order valence-electron chi connectivity index (χ2n) is 7.99. The van der Waals surface area contributed by atoms with E-state index in [-0.39, 0.29) is 11.5 Å². The van der Waals surface area contributed by atoms with Crippen molar-refractivity contribution in [2.75, 3.05) is 45.9 Å². The van der Waals surface area contributed by atoms with Gasteiger partial charge in [-0.05, 0) is 37.0 Å². The first-order valence-electron chi connectivity index (χ1n) is 10.7. The minimum absolute atomic E-state index is 0.0134. The smallest absolute Gasteiger partial charge is 0.267 e. The number of amides is 1. The fraction of sp³-hybridized carbons (Fsp3) is 0.500. The van der Waals surface area contributed by atoms with E-state index in [1.54, 1.807) is 16.8 Å². The van der Waals surface area contributed by atoms with Gasteiger partial charge in [0.05, 0.1) is 17.8 Å². The molecule has 2 aromatic rings. The van der Waals surface area contributed by atoms with E-state index in [1.807, 2.05) is 17.0 Å². The highest BCUT2D eigenvalue weighted by Crippen LogP contribution is 2.34. The summed E-state index contributed by atoms with van der Waals surface area (Å²) in [5.41, 5.74) is 2.73. The predicted molar refractivity (Wildman–Crippen MR) is 110 cm³/mol. The molecule has 1 fully saturated rings. The lowest BCUT2D eigenvalue weighted by atomic mass is 10.1. The summed E-state index contributed by atoms with van der Waals surface area (Å²) in [6.07, 6.45) is 3.02.